The minimum atomic E-state index is -0.534. The van der Waals surface area contributed by atoms with Gasteiger partial charge in [0, 0.05) is 19.0 Å². The topological polar surface area (TPSA) is 69.0 Å². The maximum atomic E-state index is 13.8. The van der Waals surface area contributed by atoms with Crippen molar-refractivity contribution < 1.29 is 13.9 Å². The highest BCUT2D eigenvalue weighted by Crippen LogP contribution is 2.35. The van der Waals surface area contributed by atoms with Crippen LogP contribution in [0.3, 0.4) is 0 Å². The summed E-state index contributed by atoms with van der Waals surface area (Å²) in [7, 11) is 0. The Hall–Kier alpha value is -2.44. The van der Waals surface area contributed by atoms with E-state index >= 15 is 0 Å². The van der Waals surface area contributed by atoms with E-state index in [0.717, 1.165) is 18.7 Å². The molecular formula is C16H19FN4O2. The number of nitrogens with one attached hydrogen (secondary N) is 1. The van der Waals surface area contributed by atoms with Crippen LogP contribution >= 0.6 is 0 Å². The summed E-state index contributed by atoms with van der Waals surface area (Å²) in [6, 6.07) is 4.83. The Bertz CT molecular complexity index is 697. The highest BCUT2D eigenvalue weighted by Gasteiger charge is 2.25. The molecule has 6 nitrogen and oxygen atoms in total. The van der Waals surface area contributed by atoms with Crippen molar-refractivity contribution in [1.82, 2.24) is 20.1 Å². The molecule has 7 heteroatoms. The summed E-state index contributed by atoms with van der Waals surface area (Å²) in [6.45, 7) is 2.46. The molecule has 1 N–H and O–H groups in total. The van der Waals surface area contributed by atoms with E-state index in [-0.39, 0.29) is 17.2 Å². The van der Waals surface area contributed by atoms with Crippen molar-refractivity contribution in [2.75, 3.05) is 13.2 Å². The summed E-state index contributed by atoms with van der Waals surface area (Å²) >= 11 is 0. The van der Waals surface area contributed by atoms with Gasteiger partial charge in [-0.1, -0.05) is 6.07 Å². The first-order valence-electron chi connectivity index (χ1n) is 7.78. The molecule has 0 spiro atoms. The van der Waals surface area contributed by atoms with Crippen molar-refractivity contribution in [1.29, 1.82) is 0 Å². The van der Waals surface area contributed by atoms with Gasteiger partial charge in [0.2, 0.25) is 0 Å². The quantitative estimate of drug-likeness (QED) is 0.849. The second-order valence-electron chi connectivity index (χ2n) is 5.44. The number of rotatable bonds is 7. The lowest BCUT2D eigenvalue weighted by atomic mass is 10.1. The van der Waals surface area contributed by atoms with Gasteiger partial charge in [0.1, 0.15) is 12.2 Å². The van der Waals surface area contributed by atoms with Crippen LogP contribution in [0, 0.1) is 5.82 Å². The van der Waals surface area contributed by atoms with Crippen LogP contribution in [0.2, 0.25) is 0 Å². The van der Waals surface area contributed by atoms with Gasteiger partial charge in [0.15, 0.2) is 11.6 Å². The van der Waals surface area contributed by atoms with Crippen molar-refractivity contribution in [3.8, 4) is 5.75 Å². The Morgan fingerprint density at radius 2 is 2.30 bits per heavy atom. The summed E-state index contributed by atoms with van der Waals surface area (Å²) in [5.41, 5.74) is 0.204. The van der Waals surface area contributed by atoms with Gasteiger partial charge in [-0.3, -0.25) is 4.79 Å². The van der Waals surface area contributed by atoms with Gasteiger partial charge >= 0.3 is 0 Å². The molecular weight excluding hydrogens is 299 g/mol. The Morgan fingerprint density at radius 1 is 1.48 bits per heavy atom. The molecule has 0 saturated heterocycles. The molecule has 23 heavy (non-hydrogen) atoms. The summed E-state index contributed by atoms with van der Waals surface area (Å²) in [5.74, 6) is -0.0378. The zero-order valence-corrected chi connectivity index (χ0v) is 13.0. The number of amides is 1. The van der Waals surface area contributed by atoms with Crippen LogP contribution in [0.5, 0.6) is 5.75 Å². The number of nitrogens with zero attached hydrogens (tertiary/aromatic N) is 3. The van der Waals surface area contributed by atoms with E-state index in [1.807, 2.05) is 0 Å². The molecule has 1 aliphatic rings. The SMILES string of the molecule is CCOc1c(F)cccc1C(=O)NCCc1nncn1C1CC1. The summed E-state index contributed by atoms with van der Waals surface area (Å²) in [6.07, 6.45) is 4.62. The minimum absolute atomic E-state index is 0.00588. The number of hydrogen-bond donors (Lipinski definition) is 1. The lowest BCUT2D eigenvalue weighted by Gasteiger charge is -2.11. The third-order valence-corrected chi connectivity index (χ3v) is 3.72. The van der Waals surface area contributed by atoms with Gasteiger partial charge in [-0.2, -0.15) is 0 Å². The molecule has 0 aliphatic heterocycles. The number of aromatic nitrogens is 3. The van der Waals surface area contributed by atoms with E-state index < -0.39 is 5.82 Å². The summed E-state index contributed by atoms with van der Waals surface area (Å²) in [5, 5.41) is 10.8. The average Bonchev–Trinajstić information content (AvgIpc) is 3.28. The van der Waals surface area contributed by atoms with Crippen LogP contribution in [-0.2, 0) is 6.42 Å². The Kier molecular flexibility index (Phi) is 4.55. The lowest BCUT2D eigenvalue weighted by molar-refractivity contribution is 0.0949. The van der Waals surface area contributed by atoms with Crippen LogP contribution in [0.1, 0.15) is 42.0 Å². The number of para-hydroxylation sites is 1. The van der Waals surface area contributed by atoms with Crippen molar-refractivity contribution >= 4 is 5.91 Å². The molecule has 1 aromatic carbocycles. The number of ether oxygens (including phenoxy) is 1. The zero-order chi connectivity index (χ0) is 16.2. The second-order valence-corrected chi connectivity index (χ2v) is 5.44. The van der Waals surface area contributed by atoms with Gasteiger partial charge in [0.05, 0.1) is 12.2 Å². The van der Waals surface area contributed by atoms with E-state index in [1.54, 1.807) is 19.3 Å². The first-order chi connectivity index (χ1) is 11.2. The smallest absolute Gasteiger partial charge is 0.255 e. The molecule has 122 valence electrons. The third-order valence-electron chi connectivity index (χ3n) is 3.72. The molecule has 0 unspecified atom stereocenters. The lowest BCUT2D eigenvalue weighted by Crippen LogP contribution is -2.27. The van der Waals surface area contributed by atoms with Crippen molar-refractivity contribution in [2.24, 2.45) is 0 Å². The fraction of sp³-hybridized carbons (Fsp3) is 0.438. The van der Waals surface area contributed by atoms with Crippen molar-refractivity contribution in [2.45, 2.75) is 32.2 Å². The molecule has 0 radical (unpaired) electrons. The largest absolute Gasteiger partial charge is 0.490 e. The van der Waals surface area contributed by atoms with Crippen LogP contribution in [0.25, 0.3) is 0 Å². The molecule has 1 aliphatic carbocycles. The minimum Gasteiger partial charge on any atom is -0.490 e. The first-order valence-corrected chi connectivity index (χ1v) is 7.78. The fourth-order valence-corrected chi connectivity index (χ4v) is 2.46. The standard InChI is InChI=1S/C16H19FN4O2/c1-2-23-15-12(4-3-5-13(15)17)16(22)18-9-8-14-20-19-10-21(14)11-6-7-11/h3-5,10-11H,2,6-9H2,1H3,(H,18,22). The summed E-state index contributed by atoms with van der Waals surface area (Å²) in [4.78, 5) is 12.3. The number of benzene rings is 1. The highest BCUT2D eigenvalue weighted by molar-refractivity contribution is 5.96. The Labute approximate surface area is 133 Å². The molecule has 1 saturated carbocycles. The van der Waals surface area contributed by atoms with Crippen LogP contribution in [0.4, 0.5) is 4.39 Å². The Morgan fingerprint density at radius 3 is 3.04 bits per heavy atom. The van der Waals surface area contributed by atoms with Crippen LogP contribution in [-0.4, -0.2) is 33.8 Å². The van der Waals surface area contributed by atoms with E-state index in [2.05, 4.69) is 20.1 Å². The number of carbonyl (C=O) groups excluding carboxylic acids is 1. The molecule has 1 fully saturated rings. The fourth-order valence-electron chi connectivity index (χ4n) is 2.46. The van der Waals surface area contributed by atoms with E-state index in [1.165, 1.54) is 12.1 Å². The third kappa shape index (κ3) is 3.49. The van der Waals surface area contributed by atoms with Crippen LogP contribution in [0.15, 0.2) is 24.5 Å². The molecule has 0 atom stereocenters. The molecule has 1 heterocycles. The molecule has 1 aromatic heterocycles. The molecule has 0 bridgehead atoms. The normalized spacial score (nSPS) is 13.8. The van der Waals surface area contributed by atoms with E-state index in [9.17, 15) is 9.18 Å². The van der Waals surface area contributed by atoms with Gasteiger partial charge in [-0.25, -0.2) is 4.39 Å². The van der Waals surface area contributed by atoms with Gasteiger partial charge in [0.25, 0.3) is 5.91 Å². The Balaban J connectivity index is 1.61. The van der Waals surface area contributed by atoms with E-state index in [0.29, 0.717) is 25.6 Å². The molecule has 3 rings (SSSR count). The second kappa shape index (κ2) is 6.76. The van der Waals surface area contributed by atoms with Crippen molar-refractivity contribution in [3.63, 3.8) is 0 Å². The monoisotopic (exact) mass is 318 g/mol. The van der Waals surface area contributed by atoms with Crippen molar-refractivity contribution in [3.05, 3.63) is 41.7 Å². The van der Waals surface area contributed by atoms with Gasteiger partial charge in [-0.05, 0) is 31.9 Å². The number of carbonyl (C=O) groups is 1. The zero-order valence-electron chi connectivity index (χ0n) is 13.0. The van der Waals surface area contributed by atoms with E-state index in [4.69, 9.17) is 4.74 Å². The van der Waals surface area contributed by atoms with Crippen LogP contribution < -0.4 is 10.1 Å². The predicted octanol–water partition coefficient (Wildman–Crippen LogP) is 2.12. The van der Waals surface area contributed by atoms with Gasteiger partial charge < -0.3 is 14.6 Å². The first kappa shape index (κ1) is 15.5. The number of hydrogen-bond acceptors (Lipinski definition) is 4. The van der Waals surface area contributed by atoms with Gasteiger partial charge in [-0.15, -0.1) is 10.2 Å². The predicted molar refractivity (Wildman–Crippen MR) is 81.9 cm³/mol. The highest BCUT2D eigenvalue weighted by atomic mass is 19.1. The maximum absolute atomic E-state index is 13.8. The molecule has 2 aromatic rings. The molecule has 1 amide bonds. The average molecular weight is 318 g/mol. The maximum Gasteiger partial charge on any atom is 0.255 e. The summed E-state index contributed by atoms with van der Waals surface area (Å²) < 4.78 is 21.1. The number of halogens is 1.